The zero-order valence-corrected chi connectivity index (χ0v) is 12.1. The molecule has 0 aromatic carbocycles. The van der Waals surface area contributed by atoms with E-state index in [1.54, 1.807) is 0 Å². The number of ether oxygens (including phenoxy) is 1. The number of nitrogens with zero attached hydrogens (tertiary/aromatic N) is 2. The van der Waals surface area contributed by atoms with Crippen molar-refractivity contribution in [1.29, 1.82) is 0 Å². The zero-order chi connectivity index (χ0) is 13.1. The molecule has 0 amide bonds. The normalized spacial score (nSPS) is 21.4. The van der Waals surface area contributed by atoms with Crippen LogP contribution >= 0.6 is 11.6 Å². The summed E-state index contributed by atoms with van der Waals surface area (Å²) in [6.07, 6.45) is 4.70. The quantitative estimate of drug-likeness (QED) is 0.891. The first-order chi connectivity index (χ1) is 8.61. The molecule has 102 valence electrons. The highest BCUT2D eigenvalue weighted by molar-refractivity contribution is 6.31. The Kier molecular flexibility index (Phi) is 4.65. The number of rotatable bonds is 5. The summed E-state index contributed by atoms with van der Waals surface area (Å²) in [7, 11) is 3.95. The van der Waals surface area contributed by atoms with Crippen LogP contribution in [0.1, 0.15) is 30.7 Å². The molecule has 0 aliphatic carbocycles. The lowest BCUT2D eigenvalue weighted by atomic mass is 10.0. The van der Waals surface area contributed by atoms with Crippen molar-refractivity contribution in [2.45, 2.75) is 44.8 Å². The van der Waals surface area contributed by atoms with Crippen molar-refractivity contribution >= 4 is 11.6 Å². The highest BCUT2D eigenvalue weighted by Gasteiger charge is 2.22. The van der Waals surface area contributed by atoms with Crippen molar-refractivity contribution in [3.63, 3.8) is 0 Å². The topological polar surface area (TPSA) is 39.1 Å². The summed E-state index contributed by atoms with van der Waals surface area (Å²) in [5.41, 5.74) is 2.01. The molecule has 2 heterocycles. The lowest BCUT2D eigenvalue weighted by Crippen LogP contribution is -2.32. The van der Waals surface area contributed by atoms with Gasteiger partial charge in [0, 0.05) is 26.1 Å². The molecular formula is C13H22ClN3O. The van der Waals surface area contributed by atoms with Crippen LogP contribution in [0, 0.1) is 6.92 Å². The molecule has 1 aromatic heterocycles. The van der Waals surface area contributed by atoms with Crippen LogP contribution in [0.25, 0.3) is 0 Å². The fourth-order valence-electron chi connectivity index (χ4n) is 2.59. The van der Waals surface area contributed by atoms with Crippen LogP contribution in [0.4, 0.5) is 0 Å². The van der Waals surface area contributed by atoms with Gasteiger partial charge in [0.15, 0.2) is 0 Å². The molecule has 2 atom stereocenters. The maximum atomic E-state index is 6.29. The van der Waals surface area contributed by atoms with E-state index in [9.17, 15) is 0 Å². The molecule has 0 bridgehead atoms. The Balaban J connectivity index is 2.00. The van der Waals surface area contributed by atoms with Gasteiger partial charge in [-0.3, -0.25) is 4.68 Å². The average molecular weight is 272 g/mol. The van der Waals surface area contributed by atoms with E-state index >= 15 is 0 Å². The maximum absolute atomic E-state index is 6.29. The van der Waals surface area contributed by atoms with Crippen LogP contribution < -0.4 is 5.32 Å². The van der Waals surface area contributed by atoms with Crippen molar-refractivity contribution < 1.29 is 4.74 Å². The third-order valence-corrected chi connectivity index (χ3v) is 4.17. The first-order valence-corrected chi connectivity index (χ1v) is 6.96. The first kappa shape index (κ1) is 13.8. The fraction of sp³-hybridized carbons (Fsp3) is 0.769. The van der Waals surface area contributed by atoms with E-state index in [2.05, 4.69) is 10.4 Å². The molecule has 2 unspecified atom stereocenters. The van der Waals surface area contributed by atoms with Gasteiger partial charge < -0.3 is 10.1 Å². The smallest absolute Gasteiger partial charge is 0.0847 e. The van der Waals surface area contributed by atoms with Gasteiger partial charge in [-0.05, 0) is 33.2 Å². The molecule has 1 saturated heterocycles. The summed E-state index contributed by atoms with van der Waals surface area (Å²) in [5, 5.41) is 8.51. The van der Waals surface area contributed by atoms with E-state index in [-0.39, 0.29) is 0 Å². The Bertz CT molecular complexity index is 399. The average Bonchev–Trinajstić information content (AvgIpc) is 2.92. The Morgan fingerprint density at radius 2 is 2.39 bits per heavy atom. The fourth-order valence-corrected chi connectivity index (χ4v) is 2.82. The molecule has 5 heteroatoms. The van der Waals surface area contributed by atoms with Crippen LogP contribution in [-0.2, 0) is 18.2 Å². The summed E-state index contributed by atoms with van der Waals surface area (Å²) >= 11 is 6.29. The van der Waals surface area contributed by atoms with E-state index in [4.69, 9.17) is 16.3 Å². The van der Waals surface area contributed by atoms with Crippen LogP contribution in [-0.4, -0.2) is 35.6 Å². The Morgan fingerprint density at radius 1 is 1.61 bits per heavy atom. The molecule has 1 aromatic rings. The third kappa shape index (κ3) is 3.05. The minimum Gasteiger partial charge on any atom is -0.378 e. The Labute approximate surface area is 114 Å². The molecule has 1 N–H and O–H groups in total. The standard InChI is InChI=1S/C13H22ClN3O/c1-9-13(14)12(17(3)16-9)8-10(15-2)7-11-5-4-6-18-11/h10-11,15H,4-8H2,1-3H3. The van der Waals surface area contributed by atoms with E-state index in [0.717, 1.165) is 35.9 Å². The van der Waals surface area contributed by atoms with Crippen molar-refractivity contribution in [1.82, 2.24) is 15.1 Å². The van der Waals surface area contributed by atoms with E-state index in [1.807, 2.05) is 25.7 Å². The maximum Gasteiger partial charge on any atom is 0.0847 e. The van der Waals surface area contributed by atoms with Crippen LogP contribution in [0.2, 0.25) is 5.02 Å². The van der Waals surface area contributed by atoms with Gasteiger partial charge in [0.05, 0.1) is 22.5 Å². The van der Waals surface area contributed by atoms with Gasteiger partial charge in [-0.1, -0.05) is 11.6 Å². The van der Waals surface area contributed by atoms with Gasteiger partial charge in [0.25, 0.3) is 0 Å². The molecule has 1 fully saturated rings. The van der Waals surface area contributed by atoms with Crippen LogP contribution in [0.3, 0.4) is 0 Å². The van der Waals surface area contributed by atoms with E-state index in [0.29, 0.717) is 12.1 Å². The van der Waals surface area contributed by atoms with Gasteiger partial charge in [-0.25, -0.2) is 0 Å². The first-order valence-electron chi connectivity index (χ1n) is 6.58. The zero-order valence-electron chi connectivity index (χ0n) is 11.4. The molecule has 0 radical (unpaired) electrons. The van der Waals surface area contributed by atoms with Gasteiger partial charge in [0.2, 0.25) is 0 Å². The number of aryl methyl sites for hydroxylation is 2. The number of likely N-dealkylation sites (N-methyl/N-ethyl adjacent to an activating group) is 1. The molecular weight excluding hydrogens is 250 g/mol. The number of halogens is 1. The monoisotopic (exact) mass is 271 g/mol. The molecule has 18 heavy (non-hydrogen) atoms. The molecule has 2 rings (SSSR count). The molecule has 0 spiro atoms. The summed E-state index contributed by atoms with van der Waals surface area (Å²) in [5.74, 6) is 0. The Hall–Kier alpha value is -0.580. The van der Waals surface area contributed by atoms with Crippen molar-refractivity contribution in [2.75, 3.05) is 13.7 Å². The minimum absolute atomic E-state index is 0.389. The number of hydrogen-bond donors (Lipinski definition) is 1. The second-order valence-electron chi connectivity index (χ2n) is 5.03. The molecule has 0 saturated carbocycles. The second-order valence-corrected chi connectivity index (χ2v) is 5.41. The largest absolute Gasteiger partial charge is 0.378 e. The second kappa shape index (κ2) is 6.04. The summed E-state index contributed by atoms with van der Waals surface area (Å²) in [6, 6.07) is 0.389. The predicted octanol–water partition coefficient (Wildman–Crippen LogP) is 2.08. The highest BCUT2D eigenvalue weighted by Crippen LogP contribution is 2.23. The van der Waals surface area contributed by atoms with Gasteiger partial charge >= 0.3 is 0 Å². The van der Waals surface area contributed by atoms with E-state index < -0.39 is 0 Å². The predicted molar refractivity (Wildman–Crippen MR) is 73.1 cm³/mol. The molecule has 1 aliphatic rings. The summed E-state index contributed by atoms with van der Waals surface area (Å²) < 4.78 is 7.58. The number of aromatic nitrogens is 2. The lowest BCUT2D eigenvalue weighted by Gasteiger charge is -2.20. The van der Waals surface area contributed by atoms with E-state index in [1.165, 1.54) is 12.8 Å². The SMILES string of the molecule is CNC(Cc1c(Cl)c(C)nn1C)CC1CCCO1. The lowest BCUT2D eigenvalue weighted by molar-refractivity contribution is 0.0952. The van der Waals surface area contributed by atoms with Crippen molar-refractivity contribution in [2.24, 2.45) is 7.05 Å². The molecule has 1 aliphatic heterocycles. The van der Waals surface area contributed by atoms with Crippen LogP contribution in [0.15, 0.2) is 0 Å². The number of hydrogen-bond acceptors (Lipinski definition) is 3. The van der Waals surface area contributed by atoms with Crippen molar-refractivity contribution in [3.8, 4) is 0 Å². The summed E-state index contributed by atoms with van der Waals surface area (Å²) in [6.45, 7) is 2.85. The van der Waals surface area contributed by atoms with Gasteiger partial charge in [-0.2, -0.15) is 5.10 Å². The van der Waals surface area contributed by atoms with Crippen LogP contribution in [0.5, 0.6) is 0 Å². The minimum atomic E-state index is 0.389. The third-order valence-electron chi connectivity index (χ3n) is 3.68. The van der Waals surface area contributed by atoms with Gasteiger partial charge in [-0.15, -0.1) is 0 Å². The Morgan fingerprint density at radius 3 is 2.89 bits per heavy atom. The number of nitrogens with one attached hydrogen (secondary N) is 1. The highest BCUT2D eigenvalue weighted by atomic mass is 35.5. The van der Waals surface area contributed by atoms with Gasteiger partial charge in [0.1, 0.15) is 0 Å². The summed E-state index contributed by atoms with van der Waals surface area (Å²) in [4.78, 5) is 0. The van der Waals surface area contributed by atoms with Crippen molar-refractivity contribution in [3.05, 3.63) is 16.4 Å². The molecule has 4 nitrogen and oxygen atoms in total.